The molecule has 0 radical (unpaired) electrons. The van der Waals surface area contributed by atoms with E-state index in [1.165, 1.54) is 4.90 Å². The summed E-state index contributed by atoms with van der Waals surface area (Å²) in [6.07, 6.45) is 0. The minimum atomic E-state index is -0.178. The molecule has 1 aliphatic rings. The number of aromatic nitrogens is 2. The minimum Gasteiger partial charge on any atom is -0.300 e. The number of hydrogen-bond donors (Lipinski definition) is 1. The summed E-state index contributed by atoms with van der Waals surface area (Å²) in [5, 5.41) is 7.07. The van der Waals surface area contributed by atoms with E-state index in [1.54, 1.807) is 0 Å². The number of piperazine rings is 1. The second-order valence-electron chi connectivity index (χ2n) is 4.07. The molecular weight excluding hydrogens is 220 g/mol. The van der Waals surface area contributed by atoms with Crippen molar-refractivity contribution in [2.24, 2.45) is 0 Å². The number of rotatable bonds is 3. The fourth-order valence-electron chi connectivity index (χ4n) is 1.94. The molecule has 0 aliphatic carbocycles. The van der Waals surface area contributed by atoms with Crippen molar-refractivity contribution in [3.63, 3.8) is 0 Å². The highest BCUT2D eigenvalue weighted by Crippen LogP contribution is 2.09. The molecule has 1 N–H and O–H groups in total. The Balaban J connectivity index is 2.18. The second-order valence-corrected chi connectivity index (χ2v) is 4.07. The maximum atomic E-state index is 11.6. The van der Waals surface area contributed by atoms with Crippen molar-refractivity contribution in [1.82, 2.24) is 20.0 Å². The largest absolute Gasteiger partial charge is 0.300 e. The molecule has 1 aromatic heterocycles. The highest BCUT2D eigenvalue weighted by atomic mass is 16.2. The number of carbonyl (C=O) groups is 2. The van der Waals surface area contributed by atoms with Gasteiger partial charge in [0.2, 0.25) is 11.8 Å². The van der Waals surface area contributed by atoms with Crippen LogP contribution in [0.1, 0.15) is 18.3 Å². The predicted octanol–water partition coefficient (Wildman–Crippen LogP) is -0.330. The molecule has 1 fully saturated rings. The molecule has 92 valence electrons. The molecule has 6 heteroatoms. The second kappa shape index (κ2) is 4.67. The zero-order chi connectivity index (χ0) is 12.4. The van der Waals surface area contributed by atoms with Crippen LogP contribution in [0.4, 0.5) is 0 Å². The fraction of sp³-hybridized carbons (Fsp3) is 0.545. The molecule has 2 heterocycles. The summed E-state index contributed by atoms with van der Waals surface area (Å²) in [6, 6.07) is 1.91. The summed E-state index contributed by atoms with van der Waals surface area (Å²) in [7, 11) is 0. The van der Waals surface area contributed by atoms with Crippen molar-refractivity contribution in [1.29, 1.82) is 0 Å². The molecule has 1 aliphatic heterocycles. The van der Waals surface area contributed by atoms with Crippen LogP contribution in [0.2, 0.25) is 0 Å². The molecule has 1 saturated heterocycles. The first-order valence-electron chi connectivity index (χ1n) is 5.69. The number of amides is 2. The van der Waals surface area contributed by atoms with Gasteiger partial charge in [-0.3, -0.25) is 24.5 Å². The molecule has 0 unspecified atom stereocenters. The lowest BCUT2D eigenvalue weighted by atomic mass is 10.3. The standard InChI is InChI=1S/C11H16N4O2/c1-3-15-9(4-8(2)13-15)7-14-10(16)5-12-6-11(14)17/h4,12H,3,5-7H2,1-2H3. The normalized spacial score (nSPS) is 16.7. The summed E-state index contributed by atoms with van der Waals surface area (Å²) in [5.74, 6) is -0.356. The highest BCUT2D eigenvalue weighted by Gasteiger charge is 2.26. The highest BCUT2D eigenvalue weighted by molar-refractivity contribution is 5.99. The Morgan fingerprint density at radius 1 is 1.35 bits per heavy atom. The van der Waals surface area contributed by atoms with Crippen LogP contribution in [-0.2, 0) is 22.7 Å². The van der Waals surface area contributed by atoms with Crippen LogP contribution in [-0.4, -0.2) is 39.6 Å². The van der Waals surface area contributed by atoms with E-state index in [4.69, 9.17) is 0 Å². The Bertz CT molecular complexity index is 436. The van der Waals surface area contributed by atoms with E-state index >= 15 is 0 Å². The number of hydrogen-bond acceptors (Lipinski definition) is 4. The van der Waals surface area contributed by atoms with Crippen molar-refractivity contribution in [3.8, 4) is 0 Å². The van der Waals surface area contributed by atoms with Gasteiger partial charge >= 0.3 is 0 Å². The van der Waals surface area contributed by atoms with Crippen LogP contribution < -0.4 is 5.32 Å². The molecule has 0 bridgehead atoms. The Morgan fingerprint density at radius 3 is 2.59 bits per heavy atom. The van der Waals surface area contributed by atoms with Crippen LogP contribution in [0, 0.1) is 6.92 Å². The zero-order valence-corrected chi connectivity index (χ0v) is 10.1. The first-order valence-corrected chi connectivity index (χ1v) is 5.69. The van der Waals surface area contributed by atoms with Crippen LogP contribution in [0.3, 0.4) is 0 Å². The molecule has 0 spiro atoms. The van der Waals surface area contributed by atoms with Gasteiger partial charge < -0.3 is 0 Å². The van der Waals surface area contributed by atoms with Gasteiger partial charge in [-0.2, -0.15) is 5.10 Å². The number of carbonyl (C=O) groups excluding carboxylic acids is 2. The number of imide groups is 1. The van der Waals surface area contributed by atoms with E-state index in [0.29, 0.717) is 6.54 Å². The number of aryl methyl sites for hydroxylation is 2. The van der Waals surface area contributed by atoms with Gasteiger partial charge in [0, 0.05) is 6.54 Å². The van der Waals surface area contributed by atoms with Gasteiger partial charge in [-0.15, -0.1) is 0 Å². The van der Waals surface area contributed by atoms with E-state index in [-0.39, 0.29) is 24.9 Å². The van der Waals surface area contributed by atoms with Crippen molar-refractivity contribution in [2.45, 2.75) is 26.9 Å². The quantitative estimate of drug-likeness (QED) is 0.730. The smallest absolute Gasteiger partial charge is 0.243 e. The van der Waals surface area contributed by atoms with Gasteiger partial charge in [-0.1, -0.05) is 0 Å². The molecule has 6 nitrogen and oxygen atoms in total. The lowest BCUT2D eigenvalue weighted by Gasteiger charge is -2.25. The lowest BCUT2D eigenvalue weighted by Crippen LogP contribution is -2.51. The molecular formula is C11H16N4O2. The third kappa shape index (κ3) is 2.36. The van der Waals surface area contributed by atoms with Gasteiger partial charge in [0.1, 0.15) is 0 Å². The van der Waals surface area contributed by atoms with Crippen LogP contribution in [0.15, 0.2) is 6.07 Å². The summed E-state index contributed by atoms with van der Waals surface area (Å²) >= 11 is 0. The molecule has 17 heavy (non-hydrogen) atoms. The Labute approximate surface area is 99.6 Å². The van der Waals surface area contributed by atoms with E-state index in [0.717, 1.165) is 17.9 Å². The molecule has 2 rings (SSSR count). The zero-order valence-electron chi connectivity index (χ0n) is 10.1. The third-order valence-electron chi connectivity index (χ3n) is 2.76. The lowest BCUT2D eigenvalue weighted by molar-refractivity contribution is -0.147. The van der Waals surface area contributed by atoms with Gasteiger partial charge in [-0.25, -0.2) is 0 Å². The number of nitrogens with one attached hydrogen (secondary N) is 1. The topological polar surface area (TPSA) is 67.2 Å². The van der Waals surface area contributed by atoms with Crippen molar-refractivity contribution in [3.05, 3.63) is 17.5 Å². The summed E-state index contributed by atoms with van der Waals surface area (Å²) in [4.78, 5) is 24.5. The van der Waals surface area contributed by atoms with E-state index in [1.807, 2.05) is 24.6 Å². The maximum absolute atomic E-state index is 11.6. The van der Waals surface area contributed by atoms with Gasteiger partial charge in [-0.05, 0) is 19.9 Å². The first-order chi connectivity index (χ1) is 8.11. The number of nitrogens with zero attached hydrogens (tertiary/aromatic N) is 3. The monoisotopic (exact) mass is 236 g/mol. The summed E-state index contributed by atoms with van der Waals surface area (Å²) < 4.78 is 1.82. The Kier molecular flexibility index (Phi) is 3.23. The Morgan fingerprint density at radius 2 is 2.00 bits per heavy atom. The fourth-order valence-corrected chi connectivity index (χ4v) is 1.94. The predicted molar refractivity (Wildman–Crippen MR) is 61.1 cm³/mol. The maximum Gasteiger partial charge on any atom is 0.243 e. The van der Waals surface area contributed by atoms with E-state index in [9.17, 15) is 9.59 Å². The molecule has 1 aromatic rings. The minimum absolute atomic E-state index is 0.178. The van der Waals surface area contributed by atoms with Crippen molar-refractivity contribution in [2.75, 3.05) is 13.1 Å². The van der Waals surface area contributed by atoms with Crippen molar-refractivity contribution >= 4 is 11.8 Å². The van der Waals surface area contributed by atoms with Gasteiger partial charge in [0.25, 0.3) is 0 Å². The molecule has 0 saturated carbocycles. The average Bonchev–Trinajstić information content (AvgIpc) is 2.64. The van der Waals surface area contributed by atoms with Crippen LogP contribution in [0.25, 0.3) is 0 Å². The molecule has 0 atom stereocenters. The van der Waals surface area contributed by atoms with Crippen molar-refractivity contribution < 1.29 is 9.59 Å². The first kappa shape index (κ1) is 11.8. The summed E-state index contributed by atoms with van der Waals surface area (Å²) in [5.41, 5.74) is 1.80. The molecule has 0 aromatic carbocycles. The van der Waals surface area contributed by atoms with Gasteiger partial charge in [0.15, 0.2) is 0 Å². The SMILES string of the molecule is CCn1nc(C)cc1CN1C(=O)CNCC1=O. The van der Waals surface area contributed by atoms with E-state index < -0.39 is 0 Å². The van der Waals surface area contributed by atoms with Crippen LogP contribution >= 0.6 is 0 Å². The average molecular weight is 236 g/mol. The third-order valence-corrected chi connectivity index (χ3v) is 2.76. The van der Waals surface area contributed by atoms with E-state index in [2.05, 4.69) is 10.4 Å². The Hall–Kier alpha value is -1.69. The van der Waals surface area contributed by atoms with Gasteiger partial charge in [0.05, 0.1) is 31.0 Å². The summed E-state index contributed by atoms with van der Waals surface area (Å²) in [6.45, 7) is 5.38. The van der Waals surface area contributed by atoms with Crippen LogP contribution in [0.5, 0.6) is 0 Å². The molecule has 2 amide bonds.